The van der Waals surface area contributed by atoms with E-state index in [2.05, 4.69) is 14.6 Å². The van der Waals surface area contributed by atoms with Crippen molar-refractivity contribution in [2.24, 2.45) is 0 Å². The van der Waals surface area contributed by atoms with Crippen molar-refractivity contribution in [3.63, 3.8) is 0 Å². The summed E-state index contributed by atoms with van der Waals surface area (Å²) >= 11 is 1.56. The Morgan fingerprint density at radius 3 is 2.71 bits per heavy atom. The maximum Gasteiger partial charge on any atom is 0.387 e. The highest BCUT2D eigenvalue weighted by atomic mass is 32.1. The lowest BCUT2D eigenvalue weighted by atomic mass is 10.2. The van der Waals surface area contributed by atoms with Crippen molar-refractivity contribution in [3.05, 3.63) is 40.3 Å². The van der Waals surface area contributed by atoms with E-state index in [0.717, 1.165) is 17.8 Å². The van der Waals surface area contributed by atoms with Gasteiger partial charge in [0.15, 0.2) is 11.5 Å². The number of aromatic nitrogens is 1. The van der Waals surface area contributed by atoms with E-state index in [1.54, 1.807) is 29.0 Å². The molecule has 21 heavy (non-hydrogen) atoms. The molecular formula is C14H16F2N2O2S. The maximum atomic E-state index is 12.3. The lowest BCUT2D eigenvalue weighted by Gasteiger charge is -2.17. The van der Waals surface area contributed by atoms with E-state index in [1.165, 1.54) is 13.2 Å². The average Bonchev–Trinajstić information content (AvgIpc) is 2.92. The standard InChI is InChI=1S/C14H16F2N2O2S/c1-18(7-11-8-21-9-17-11)6-10-3-4-12(20-14(15)16)13(5-10)19-2/h3-5,8-9,14H,6-7H2,1-2H3. The Labute approximate surface area is 125 Å². The van der Waals surface area contributed by atoms with Gasteiger partial charge in [0, 0.05) is 18.5 Å². The summed E-state index contributed by atoms with van der Waals surface area (Å²) in [5, 5.41) is 2.00. The van der Waals surface area contributed by atoms with Crippen molar-refractivity contribution in [1.82, 2.24) is 9.88 Å². The number of alkyl halides is 2. The van der Waals surface area contributed by atoms with Crippen LogP contribution in [-0.4, -0.2) is 30.7 Å². The van der Waals surface area contributed by atoms with Gasteiger partial charge in [-0.25, -0.2) is 4.98 Å². The third kappa shape index (κ3) is 4.64. The monoisotopic (exact) mass is 314 g/mol. The van der Waals surface area contributed by atoms with Crippen molar-refractivity contribution in [2.45, 2.75) is 19.7 Å². The average molecular weight is 314 g/mol. The number of rotatable bonds is 7. The van der Waals surface area contributed by atoms with Crippen LogP contribution in [0, 0.1) is 0 Å². The molecule has 0 amide bonds. The molecule has 0 spiro atoms. The molecule has 7 heteroatoms. The van der Waals surface area contributed by atoms with E-state index in [0.29, 0.717) is 12.3 Å². The van der Waals surface area contributed by atoms with Crippen molar-refractivity contribution in [2.75, 3.05) is 14.2 Å². The van der Waals surface area contributed by atoms with Gasteiger partial charge in [-0.2, -0.15) is 8.78 Å². The summed E-state index contributed by atoms with van der Waals surface area (Å²) in [7, 11) is 3.39. The molecule has 4 nitrogen and oxygen atoms in total. The minimum absolute atomic E-state index is 0.0402. The van der Waals surface area contributed by atoms with E-state index in [4.69, 9.17) is 4.74 Å². The second kappa shape index (κ2) is 7.33. The molecule has 114 valence electrons. The molecule has 0 radical (unpaired) electrons. The van der Waals surface area contributed by atoms with Crippen LogP contribution in [-0.2, 0) is 13.1 Å². The van der Waals surface area contributed by atoms with Crippen molar-refractivity contribution in [3.8, 4) is 11.5 Å². The van der Waals surface area contributed by atoms with Gasteiger partial charge in [0.25, 0.3) is 0 Å². The predicted octanol–water partition coefficient (Wildman–Crippen LogP) is 3.39. The number of benzene rings is 1. The highest BCUT2D eigenvalue weighted by Gasteiger charge is 2.12. The molecule has 2 rings (SSSR count). The first kappa shape index (κ1) is 15.7. The number of halogens is 2. The van der Waals surface area contributed by atoms with Crippen molar-refractivity contribution in [1.29, 1.82) is 0 Å². The summed E-state index contributed by atoms with van der Waals surface area (Å²) in [4.78, 5) is 6.31. The van der Waals surface area contributed by atoms with Crippen LogP contribution in [0.25, 0.3) is 0 Å². The number of nitrogens with zero attached hydrogens (tertiary/aromatic N) is 2. The summed E-state index contributed by atoms with van der Waals surface area (Å²) in [5.74, 6) is 0.341. The largest absolute Gasteiger partial charge is 0.493 e. The molecule has 0 aliphatic heterocycles. The molecule has 0 N–H and O–H groups in total. The molecule has 0 atom stereocenters. The molecule has 0 fully saturated rings. The van der Waals surface area contributed by atoms with Gasteiger partial charge in [0.05, 0.1) is 18.3 Å². The van der Waals surface area contributed by atoms with Gasteiger partial charge in [0.2, 0.25) is 0 Å². The zero-order valence-electron chi connectivity index (χ0n) is 11.8. The highest BCUT2D eigenvalue weighted by molar-refractivity contribution is 7.07. The number of methoxy groups -OCH3 is 1. The predicted molar refractivity (Wildman–Crippen MR) is 76.9 cm³/mol. The Kier molecular flexibility index (Phi) is 5.46. The second-order valence-electron chi connectivity index (χ2n) is 4.52. The van der Waals surface area contributed by atoms with E-state index < -0.39 is 6.61 Å². The van der Waals surface area contributed by atoms with Gasteiger partial charge < -0.3 is 9.47 Å². The fraction of sp³-hybridized carbons (Fsp3) is 0.357. The Hall–Kier alpha value is -1.73. The van der Waals surface area contributed by atoms with Crippen LogP contribution in [0.5, 0.6) is 11.5 Å². The van der Waals surface area contributed by atoms with Crippen LogP contribution in [0.2, 0.25) is 0 Å². The molecular weight excluding hydrogens is 298 g/mol. The van der Waals surface area contributed by atoms with Crippen LogP contribution in [0.4, 0.5) is 8.78 Å². The van der Waals surface area contributed by atoms with Gasteiger partial charge in [0.1, 0.15) is 0 Å². The van der Waals surface area contributed by atoms with Crippen LogP contribution in [0.15, 0.2) is 29.1 Å². The summed E-state index contributed by atoms with van der Waals surface area (Å²) in [6, 6.07) is 4.95. The van der Waals surface area contributed by atoms with Crippen molar-refractivity contribution >= 4 is 11.3 Å². The third-order valence-electron chi connectivity index (χ3n) is 2.81. The van der Waals surface area contributed by atoms with E-state index in [9.17, 15) is 8.78 Å². The summed E-state index contributed by atoms with van der Waals surface area (Å²) in [6.07, 6.45) is 0. The fourth-order valence-corrected chi connectivity index (χ4v) is 2.51. The quantitative estimate of drug-likeness (QED) is 0.784. The molecule has 0 aliphatic rings. The van der Waals surface area contributed by atoms with Crippen LogP contribution in [0.1, 0.15) is 11.3 Å². The summed E-state index contributed by atoms with van der Waals surface area (Å²) in [6.45, 7) is -1.48. The number of thiazole rings is 1. The Morgan fingerprint density at radius 2 is 2.10 bits per heavy atom. The second-order valence-corrected chi connectivity index (χ2v) is 5.23. The Morgan fingerprint density at radius 1 is 1.29 bits per heavy atom. The van der Waals surface area contributed by atoms with Gasteiger partial charge in [-0.15, -0.1) is 11.3 Å². The lowest BCUT2D eigenvalue weighted by Crippen LogP contribution is -2.17. The first-order valence-electron chi connectivity index (χ1n) is 6.26. The molecule has 2 aromatic rings. The highest BCUT2D eigenvalue weighted by Crippen LogP contribution is 2.29. The SMILES string of the molecule is COc1cc(CN(C)Cc2cscn2)ccc1OC(F)F. The molecule has 0 unspecified atom stereocenters. The molecule has 0 saturated carbocycles. The zero-order chi connectivity index (χ0) is 15.2. The van der Waals surface area contributed by atoms with Gasteiger partial charge in [-0.05, 0) is 24.7 Å². The number of hydrogen-bond acceptors (Lipinski definition) is 5. The number of hydrogen-bond donors (Lipinski definition) is 0. The number of ether oxygens (including phenoxy) is 2. The summed E-state index contributed by atoms with van der Waals surface area (Å²) in [5.41, 5.74) is 3.75. The van der Waals surface area contributed by atoms with Gasteiger partial charge >= 0.3 is 6.61 Å². The summed E-state index contributed by atoms with van der Waals surface area (Å²) < 4.78 is 34.0. The van der Waals surface area contributed by atoms with E-state index in [-0.39, 0.29) is 5.75 Å². The molecule has 1 heterocycles. The smallest absolute Gasteiger partial charge is 0.387 e. The third-order valence-corrected chi connectivity index (χ3v) is 3.45. The molecule has 0 aliphatic carbocycles. The minimum atomic E-state index is -2.86. The lowest BCUT2D eigenvalue weighted by molar-refractivity contribution is -0.0512. The fourth-order valence-electron chi connectivity index (χ4n) is 1.96. The van der Waals surface area contributed by atoms with E-state index >= 15 is 0 Å². The minimum Gasteiger partial charge on any atom is -0.493 e. The first-order valence-corrected chi connectivity index (χ1v) is 7.20. The Balaban J connectivity index is 2.03. The van der Waals surface area contributed by atoms with Crippen LogP contribution >= 0.6 is 11.3 Å². The molecule has 1 aromatic heterocycles. The van der Waals surface area contributed by atoms with Gasteiger partial charge in [-0.1, -0.05) is 6.07 Å². The molecule has 1 aromatic carbocycles. The first-order chi connectivity index (χ1) is 10.1. The topological polar surface area (TPSA) is 34.6 Å². The van der Waals surface area contributed by atoms with Crippen LogP contribution in [0.3, 0.4) is 0 Å². The molecule has 0 saturated heterocycles. The normalized spacial score (nSPS) is 11.1. The van der Waals surface area contributed by atoms with Crippen molar-refractivity contribution < 1.29 is 18.3 Å². The zero-order valence-corrected chi connectivity index (χ0v) is 12.6. The maximum absolute atomic E-state index is 12.3. The molecule has 0 bridgehead atoms. The van der Waals surface area contributed by atoms with E-state index in [1.807, 2.05) is 12.4 Å². The van der Waals surface area contributed by atoms with Crippen LogP contribution < -0.4 is 9.47 Å². The Bertz CT molecular complexity index is 564. The van der Waals surface area contributed by atoms with Gasteiger partial charge in [-0.3, -0.25) is 4.90 Å².